The smallest absolute Gasteiger partial charge is 0.249 e. The zero-order valence-electron chi connectivity index (χ0n) is 10.3. The summed E-state index contributed by atoms with van der Waals surface area (Å²) in [5, 5.41) is 1.30. The zero-order chi connectivity index (χ0) is 11.8. The first-order valence-corrected chi connectivity index (χ1v) is 5.45. The summed E-state index contributed by atoms with van der Waals surface area (Å²) in [6.07, 6.45) is 4.48. The molecule has 1 amide bonds. The molecule has 0 aromatic heterocycles. The van der Waals surface area contributed by atoms with Gasteiger partial charge in [0, 0.05) is 13.0 Å². The molecule has 3 heteroatoms. The lowest BCUT2D eigenvalue weighted by Gasteiger charge is -2.21. The third-order valence-electron chi connectivity index (χ3n) is 2.48. The number of carbonyl (C=O) groups is 1. The molecule has 0 radical (unpaired) electrons. The van der Waals surface area contributed by atoms with Gasteiger partial charge in [-0.25, -0.2) is 5.06 Å². The Hall–Kier alpha value is -0.830. The van der Waals surface area contributed by atoms with Gasteiger partial charge in [0.05, 0.1) is 7.11 Å². The highest BCUT2D eigenvalue weighted by atomic mass is 16.7. The second-order valence-electron chi connectivity index (χ2n) is 4.21. The molecule has 0 saturated heterocycles. The standard InChI is InChI=1S/C12H23NO2/c1-6-7-11(9-8-10(2)3)12(14)13(4)15-5/h6,10-11H,1,7-9H2,2-5H3/t11-/m1/s1. The molecule has 0 heterocycles. The Balaban J connectivity index is 4.24. The summed E-state index contributed by atoms with van der Waals surface area (Å²) >= 11 is 0. The number of allylic oxidation sites excluding steroid dienone is 1. The molecule has 0 rings (SSSR count). The van der Waals surface area contributed by atoms with E-state index in [4.69, 9.17) is 4.84 Å². The molecule has 3 nitrogen and oxygen atoms in total. The van der Waals surface area contributed by atoms with Crippen LogP contribution in [-0.2, 0) is 9.63 Å². The van der Waals surface area contributed by atoms with Crippen LogP contribution in [0.5, 0.6) is 0 Å². The molecule has 0 aliphatic heterocycles. The van der Waals surface area contributed by atoms with E-state index in [0.717, 1.165) is 19.3 Å². The second-order valence-corrected chi connectivity index (χ2v) is 4.21. The fourth-order valence-corrected chi connectivity index (χ4v) is 1.42. The normalized spacial score (nSPS) is 12.6. The predicted molar refractivity (Wildman–Crippen MR) is 62.2 cm³/mol. The summed E-state index contributed by atoms with van der Waals surface area (Å²) in [5.41, 5.74) is 0. The van der Waals surface area contributed by atoms with E-state index in [-0.39, 0.29) is 11.8 Å². The number of hydrogen-bond acceptors (Lipinski definition) is 2. The van der Waals surface area contributed by atoms with Crippen LogP contribution in [0.1, 0.15) is 33.1 Å². The number of hydrogen-bond donors (Lipinski definition) is 0. The van der Waals surface area contributed by atoms with E-state index in [1.165, 1.54) is 12.2 Å². The molecule has 88 valence electrons. The van der Waals surface area contributed by atoms with Gasteiger partial charge in [-0.1, -0.05) is 26.3 Å². The van der Waals surface area contributed by atoms with Gasteiger partial charge in [0.2, 0.25) is 5.91 Å². The Bertz CT molecular complexity index is 202. The summed E-state index contributed by atoms with van der Waals surface area (Å²) in [5.74, 6) is 0.672. The molecule has 0 aliphatic rings. The molecule has 1 atom stereocenters. The fourth-order valence-electron chi connectivity index (χ4n) is 1.42. The summed E-state index contributed by atoms with van der Waals surface area (Å²) in [4.78, 5) is 16.7. The van der Waals surface area contributed by atoms with Crippen molar-refractivity contribution in [1.82, 2.24) is 5.06 Å². The van der Waals surface area contributed by atoms with Crippen molar-refractivity contribution < 1.29 is 9.63 Å². The van der Waals surface area contributed by atoms with Crippen LogP contribution in [0.2, 0.25) is 0 Å². The molecule has 0 aliphatic carbocycles. The van der Waals surface area contributed by atoms with Crippen molar-refractivity contribution in [3.8, 4) is 0 Å². The summed E-state index contributed by atoms with van der Waals surface area (Å²) in [6.45, 7) is 8.01. The van der Waals surface area contributed by atoms with Crippen molar-refractivity contribution in [2.75, 3.05) is 14.2 Å². The Morgan fingerprint density at radius 2 is 2.07 bits per heavy atom. The molecule has 0 aromatic carbocycles. The number of hydroxylamine groups is 2. The van der Waals surface area contributed by atoms with E-state index in [2.05, 4.69) is 20.4 Å². The number of amides is 1. The van der Waals surface area contributed by atoms with Crippen LogP contribution in [0.3, 0.4) is 0 Å². The quantitative estimate of drug-likeness (QED) is 0.480. The van der Waals surface area contributed by atoms with Gasteiger partial charge in [-0.2, -0.15) is 0 Å². The van der Waals surface area contributed by atoms with Crippen molar-refractivity contribution >= 4 is 5.91 Å². The van der Waals surface area contributed by atoms with Crippen LogP contribution in [0, 0.1) is 11.8 Å². The van der Waals surface area contributed by atoms with Gasteiger partial charge in [-0.3, -0.25) is 9.63 Å². The van der Waals surface area contributed by atoms with E-state index in [1.807, 2.05) is 0 Å². The Morgan fingerprint density at radius 1 is 1.47 bits per heavy atom. The maximum atomic E-state index is 11.8. The molecule has 0 saturated carbocycles. The maximum absolute atomic E-state index is 11.8. The maximum Gasteiger partial charge on any atom is 0.249 e. The van der Waals surface area contributed by atoms with E-state index in [0.29, 0.717) is 5.92 Å². The predicted octanol–water partition coefficient (Wildman–Crippen LogP) is 2.63. The minimum atomic E-state index is 0.00912. The van der Waals surface area contributed by atoms with Crippen LogP contribution < -0.4 is 0 Å². The van der Waals surface area contributed by atoms with Crippen LogP contribution >= 0.6 is 0 Å². The second kappa shape index (κ2) is 7.46. The largest absolute Gasteiger partial charge is 0.275 e. The molecule has 0 unspecified atom stereocenters. The van der Waals surface area contributed by atoms with Gasteiger partial charge in [-0.05, 0) is 18.8 Å². The summed E-state index contributed by atoms with van der Waals surface area (Å²) in [6, 6.07) is 0. The molecule has 0 aromatic rings. The van der Waals surface area contributed by atoms with Crippen LogP contribution in [0.15, 0.2) is 12.7 Å². The van der Waals surface area contributed by atoms with Crippen LogP contribution in [0.25, 0.3) is 0 Å². The first-order chi connectivity index (χ1) is 7.02. The summed E-state index contributed by atoms with van der Waals surface area (Å²) in [7, 11) is 3.15. The molecular weight excluding hydrogens is 190 g/mol. The van der Waals surface area contributed by atoms with Crippen molar-refractivity contribution in [3.05, 3.63) is 12.7 Å². The zero-order valence-corrected chi connectivity index (χ0v) is 10.3. The van der Waals surface area contributed by atoms with Gasteiger partial charge < -0.3 is 0 Å². The first kappa shape index (κ1) is 14.2. The SMILES string of the molecule is C=CC[C@H](CCC(C)C)C(=O)N(C)OC. The van der Waals surface area contributed by atoms with E-state index in [1.54, 1.807) is 13.1 Å². The molecule has 0 fully saturated rings. The molecule has 0 spiro atoms. The topological polar surface area (TPSA) is 29.5 Å². The minimum absolute atomic E-state index is 0.00912. The van der Waals surface area contributed by atoms with Crippen molar-refractivity contribution in [2.24, 2.45) is 11.8 Å². The van der Waals surface area contributed by atoms with E-state index in [9.17, 15) is 4.79 Å². The number of nitrogens with zero attached hydrogens (tertiary/aromatic N) is 1. The van der Waals surface area contributed by atoms with Crippen LogP contribution in [0.4, 0.5) is 0 Å². The first-order valence-electron chi connectivity index (χ1n) is 5.45. The lowest BCUT2D eigenvalue weighted by atomic mass is 9.94. The van der Waals surface area contributed by atoms with Crippen LogP contribution in [-0.4, -0.2) is 25.1 Å². The average molecular weight is 213 g/mol. The lowest BCUT2D eigenvalue weighted by molar-refractivity contribution is -0.173. The number of rotatable bonds is 7. The highest BCUT2D eigenvalue weighted by Crippen LogP contribution is 2.18. The van der Waals surface area contributed by atoms with Crippen molar-refractivity contribution in [2.45, 2.75) is 33.1 Å². The fraction of sp³-hybridized carbons (Fsp3) is 0.750. The van der Waals surface area contributed by atoms with E-state index < -0.39 is 0 Å². The van der Waals surface area contributed by atoms with Crippen molar-refractivity contribution in [3.63, 3.8) is 0 Å². The molecule has 15 heavy (non-hydrogen) atoms. The summed E-state index contributed by atoms with van der Waals surface area (Å²) < 4.78 is 0. The highest BCUT2D eigenvalue weighted by Gasteiger charge is 2.20. The Morgan fingerprint density at radius 3 is 2.47 bits per heavy atom. The van der Waals surface area contributed by atoms with Gasteiger partial charge in [0.25, 0.3) is 0 Å². The van der Waals surface area contributed by atoms with Crippen molar-refractivity contribution in [1.29, 1.82) is 0 Å². The van der Waals surface area contributed by atoms with Gasteiger partial charge in [0.15, 0.2) is 0 Å². The van der Waals surface area contributed by atoms with Gasteiger partial charge >= 0.3 is 0 Å². The monoisotopic (exact) mass is 213 g/mol. The molecular formula is C12H23NO2. The van der Waals surface area contributed by atoms with Gasteiger partial charge in [-0.15, -0.1) is 6.58 Å². The third kappa shape index (κ3) is 5.57. The average Bonchev–Trinajstić information content (AvgIpc) is 2.21. The van der Waals surface area contributed by atoms with Gasteiger partial charge in [0.1, 0.15) is 0 Å². The lowest BCUT2D eigenvalue weighted by Crippen LogP contribution is -2.32. The Kier molecular flexibility index (Phi) is 7.05. The molecule has 0 bridgehead atoms. The van der Waals surface area contributed by atoms with E-state index >= 15 is 0 Å². The Labute approximate surface area is 93.1 Å². The highest BCUT2D eigenvalue weighted by molar-refractivity contribution is 5.77. The minimum Gasteiger partial charge on any atom is -0.275 e. The number of carbonyl (C=O) groups excluding carboxylic acids is 1. The molecule has 0 N–H and O–H groups in total. The third-order valence-corrected chi connectivity index (χ3v) is 2.48.